The van der Waals surface area contributed by atoms with Crippen LogP contribution in [0.2, 0.25) is 0 Å². The van der Waals surface area contributed by atoms with Gasteiger partial charge in [0, 0.05) is 67.3 Å². The molecule has 0 radical (unpaired) electrons. The summed E-state index contributed by atoms with van der Waals surface area (Å²) in [6, 6.07) is 14.1. The SMILES string of the molecule is Cc1ccc(C(C)n2cc(-c3ccc4cnn(C)c4c3)c3c(N4CCC(N)CC4)c(-c4cc(F)cc(F)c4)cnc32)nc1. The molecular weight excluding hydrogens is 544 g/mol. The molecule has 1 aliphatic heterocycles. The Morgan fingerprint density at radius 2 is 1.65 bits per heavy atom. The molecule has 7 nitrogen and oxygen atoms in total. The van der Waals surface area contributed by atoms with Gasteiger partial charge >= 0.3 is 0 Å². The number of nitrogens with zero attached hydrogens (tertiary/aromatic N) is 6. The minimum Gasteiger partial charge on any atom is -0.370 e. The Hall–Kier alpha value is -4.63. The van der Waals surface area contributed by atoms with E-state index in [1.807, 2.05) is 37.1 Å². The number of hydrogen-bond acceptors (Lipinski definition) is 5. The summed E-state index contributed by atoms with van der Waals surface area (Å²) in [5.41, 5.74) is 14.1. The van der Waals surface area contributed by atoms with Crippen LogP contribution < -0.4 is 10.6 Å². The highest BCUT2D eigenvalue weighted by atomic mass is 19.1. The van der Waals surface area contributed by atoms with E-state index in [-0.39, 0.29) is 12.1 Å². The van der Waals surface area contributed by atoms with Crippen LogP contribution in [0, 0.1) is 18.6 Å². The average molecular weight is 578 g/mol. The standard InChI is InChI=1S/C34H33F2N7/c1-20-4-7-30(38-16-20)21(2)43-19-29(22-5-6-23-17-40-41(3)31(23)14-22)32-33(42-10-8-27(37)9-11-42)28(18-39-34(32)43)24-12-25(35)15-26(36)13-24/h4-7,12-19,21,27H,8-11,37H2,1-3H3. The molecule has 9 heteroatoms. The molecule has 218 valence electrons. The first-order valence-electron chi connectivity index (χ1n) is 14.6. The first kappa shape index (κ1) is 27.2. The fraction of sp³-hybridized carbons (Fsp3) is 0.265. The van der Waals surface area contributed by atoms with Crippen molar-refractivity contribution in [3.8, 4) is 22.3 Å². The highest BCUT2D eigenvalue weighted by Gasteiger charge is 2.28. The number of aryl methyl sites for hydroxylation is 2. The zero-order valence-corrected chi connectivity index (χ0v) is 24.4. The number of aromatic nitrogens is 5. The van der Waals surface area contributed by atoms with Gasteiger partial charge in [-0.2, -0.15) is 5.10 Å². The van der Waals surface area contributed by atoms with Gasteiger partial charge in [-0.05, 0) is 67.6 Å². The van der Waals surface area contributed by atoms with E-state index in [9.17, 15) is 8.78 Å². The maximum Gasteiger partial charge on any atom is 0.143 e. The van der Waals surface area contributed by atoms with E-state index in [1.54, 1.807) is 6.20 Å². The number of nitrogens with two attached hydrogens (primary N) is 1. The minimum absolute atomic E-state index is 0.118. The minimum atomic E-state index is -0.625. The van der Waals surface area contributed by atoms with Crippen LogP contribution in [0.1, 0.15) is 37.1 Å². The van der Waals surface area contributed by atoms with Gasteiger partial charge in [-0.1, -0.05) is 18.2 Å². The summed E-state index contributed by atoms with van der Waals surface area (Å²) in [6.45, 7) is 5.59. The van der Waals surface area contributed by atoms with Crippen LogP contribution in [0.15, 0.2) is 73.3 Å². The predicted molar refractivity (Wildman–Crippen MR) is 167 cm³/mol. The van der Waals surface area contributed by atoms with Crippen molar-refractivity contribution >= 4 is 27.6 Å². The zero-order chi connectivity index (χ0) is 29.8. The van der Waals surface area contributed by atoms with Gasteiger partial charge in [0.2, 0.25) is 0 Å². The number of anilines is 1. The number of benzene rings is 2. The first-order chi connectivity index (χ1) is 20.8. The van der Waals surface area contributed by atoms with Crippen molar-refractivity contribution in [2.75, 3.05) is 18.0 Å². The van der Waals surface area contributed by atoms with Crippen LogP contribution in [-0.4, -0.2) is 43.4 Å². The summed E-state index contributed by atoms with van der Waals surface area (Å²) in [6.07, 6.45) is 9.26. The number of hydrogen-bond donors (Lipinski definition) is 1. The average Bonchev–Trinajstić information content (AvgIpc) is 3.57. The molecule has 0 spiro atoms. The molecule has 0 amide bonds. The van der Waals surface area contributed by atoms with E-state index < -0.39 is 11.6 Å². The summed E-state index contributed by atoms with van der Waals surface area (Å²) in [4.78, 5) is 12.0. The smallest absolute Gasteiger partial charge is 0.143 e. The van der Waals surface area contributed by atoms with E-state index in [2.05, 4.69) is 52.0 Å². The third-order valence-electron chi connectivity index (χ3n) is 8.68. The molecule has 2 N–H and O–H groups in total. The van der Waals surface area contributed by atoms with Crippen LogP contribution >= 0.6 is 0 Å². The lowest BCUT2D eigenvalue weighted by Crippen LogP contribution is -2.40. The fourth-order valence-corrected chi connectivity index (χ4v) is 6.27. The predicted octanol–water partition coefficient (Wildman–Crippen LogP) is 6.78. The molecule has 7 rings (SSSR count). The highest BCUT2D eigenvalue weighted by Crippen LogP contribution is 2.45. The Kier molecular flexibility index (Phi) is 6.69. The summed E-state index contributed by atoms with van der Waals surface area (Å²) in [5, 5.41) is 6.42. The summed E-state index contributed by atoms with van der Waals surface area (Å²) >= 11 is 0. The lowest BCUT2D eigenvalue weighted by Gasteiger charge is -2.34. The van der Waals surface area contributed by atoms with Crippen molar-refractivity contribution in [3.05, 3.63) is 96.2 Å². The zero-order valence-electron chi connectivity index (χ0n) is 24.4. The van der Waals surface area contributed by atoms with Crippen molar-refractivity contribution in [3.63, 3.8) is 0 Å². The molecule has 1 fully saturated rings. The molecule has 2 aromatic carbocycles. The van der Waals surface area contributed by atoms with Gasteiger partial charge in [-0.3, -0.25) is 9.67 Å². The van der Waals surface area contributed by atoms with Gasteiger partial charge in [0.15, 0.2) is 0 Å². The van der Waals surface area contributed by atoms with Crippen molar-refractivity contribution in [1.82, 2.24) is 24.3 Å². The molecule has 6 aromatic rings. The number of pyridine rings is 2. The summed E-state index contributed by atoms with van der Waals surface area (Å²) < 4.78 is 33.2. The Balaban J connectivity index is 1.54. The molecule has 1 unspecified atom stereocenters. The topological polar surface area (TPSA) is 77.8 Å². The third kappa shape index (κ3) is 4.83. The van der Waals surface area contributed by atoms with Crippen LogP contribution in [0.5, 0.6) is 0 Å². The second kappa shape index (κ2) is 10.6. The summed E-state index contributed by atoms with van der Waals surface area (Å²) in [5.74, 6) is -1.25. The maximum atomic E-state index is 14.6. The van der Waals surface area contributed by atoms with E-state index in [1.165, 1.54) is 12.1 Å². The van der Waals surface area contributed by atoms with Gasteiger partial charge in [-0.25, -0.2) is 13.8 Å². The first-order valence-corrected chi connectivity index (χ1v) is 14.6. The van der Waals surface area contributed by atoms with E-state index in [0.717, 1.165) is 82.0 Å². The molecule has 43 heavy (non-hydrogen) atoms. The second-order valence-electron chi connectivity index (χ2n) is 11.6. The quantitative estimate of drug-likeness (QED) is 0.245. The number of piperidine rings is 1. The van der Waals surface area contributed by atoms with Crippen molar-refractivity contribution in [2.45, 2.75) is 38.8 Å². The lowest BCUT2D eigenvalue weighted by atomic mass is 9.96. The third-order valence-corrected chi connectivity index (χ3v) is 8.68. The highest BCUT2D eigenvalue weighted by molar-refractivity contribution is 6.08. The van der Waals surface area contributed by atoms with Gasteiger partial charge < -0.3 is 15.2 Å². The summed E-state index contributed by atoms with van der Waals surface area (Å²) in [7, 11) is 1.93. The molecule has 0 bridgehead atoms. The number of rotatable bonds is 5. The molecule has 1 aliphatic rings. The van der Waals surface area contributed by atoms with Crippen LogP contribution in [-0.2, 0) is 7.05 Å². The number of fused-ring (bicyclic) bond motifs is 2. The van der Waals surface area contributed by atoms with E-state index in [0.29, 0.717) is 11.1 Å². The molecular formula is C34H33F2N7. The number of halogens is 2. The molecule has 0 aliphatic carbocycles. The maximum absolute atomic E-state index is 14.6. The van der Waals surface area contributed by atoms with Gasteiger partial charge in [-0.15, -0.1) is 0 Å². The Bertz CT molecular complexity index is 1950. The molecule has 5 heterocycles. The van der Waals surface area contributed by atoms with Crippen molar-refractivity contribution in [1.29, 1.82) is 0 Å². The van der Waals surface area contributed by atoms with Crippen molar-refractivity contribution in [2.24, 2.45) is 12.8 Å². The fourth-order valence-electron chi connectivity index (χ4n) is 6.27. The Morgan fingerprint density at radius 3 is 2.37 bits per heavy atom. The monoisotopic (exact) mass is 577 g/mol. The van der Waals surface area contributed by atoms with Gasteiger partial charge in [0.05, 0.1) is 34.5 Å². The van der Waals surface area contributed by atoms with Gasteiger partial charge in [0.1, 0.15) is 17.3 Å². The van der Waals surface area contributed by atoms with Crippen LogP contribution in [0.3, 0.4) is 0 Å². The van der Waals surface area contributed by atoms with Crippen LogP contribution in [0.4, 0.5) is 14.5 Å². The second-order valence-corrected chi connectivity index (χ2v) is 11.6. The molecule has 4 aromatic heterocycles. The molecule has 0 saturated carbocycles. The Labute approximate surface area is 248 Å². The Morgan fingerprint density at radius 1 is 0.884 bits per heavy atom. The van der Waals surface area contributed by atoms with Crippen LogP contribution in [0.25, 0.3) is 44.2 Å². The lowest BCUT2D eigenvalue weighted by molar-refractivity contribution is 0.502. The van der Waals surface area contributed by atoms with E-state index >= 15 is 0 Å². The molecule has 1 saturated heterocycles. The largest absolute Gasteiger partial charge is 0.370 e. The van der Waals surface area contributed by atoms with Crippen molar-refractivity contribution < 1.29 is 8.78 Å². The van der Waals surface area contributed by atoms with E-state index in [4.69, 9.17) is 15.7 Å². The van der Waals surface area contributed by atoms with Gasteiger partial charge in [0.25, 0.3) is 0 Å². The normalized spacial score (nSPS) is 15.1. The molecule has 1 atom stereocenters.